The number of hydrogen-bond acceptors (Lipinski definition) is 2. The summed E-state index contributed by atoms with van der Waals surface area (Å²) in [7, 11) is 4.10. The number of nitrogens with one attached hydrogen (secondary N) is 1. The summed E-state index contributed by atoms with van der Waals surface area (Å²) in [5.41, 5.74) is 3.63. The predicted molar refractivity (Wildman–Crippen MR) is 93.5 cm³/mol. The van der Waals surface area contributed by atoms with Crippen LogP contribution in [0.4, 0.5) is 11.4 Å². The van der Waals surface area contributed by atoms with Gasteiger partial charge < -0.3 is 10.2 Å². The van der Waals surface area contributed by atoms with Crippen molar-refractivity contribution in [3.05, 3.63) is 59.1 Å². The largest absolute Gasteiger partial charge is 0.378 e. The van der Waals surface area contributed by atoms with E-state index in [0.29, 0.717) is 6.04 Å². The molecule has 3 heteroatoms. The van der Waals surface area contributed by atoms with E-state index in [9.17, 15) is 0 Å². The van der Waals surface area contributed by atoms with Crippen molar-refractivity contribution in [2.24, 2.45) is 0 Å². The Morgan fingerprint density at radius 2 is 1.62 bits per heavy atom. The maximum atomic E-state index is 5.98. The van der Waals surface area contributed by atoms with Gasteiger partial charge in [-0.25, -0.2) is 0 Å². The van der Waals surface area contributed by atoms with E-state index in [1.165, 1.54) is 11.3 Å². The summed E-state index contributed by atoms with van der Waals surface area (Å²) in [6.45, 7) is 2.21. The lowest BCUT2D eigenvalue weighted by molar-refractivity contribution is 0.677. The average Bonchev–Trinajstić information content (AvgIpc) is 2.48. The second kappa shape index (κ2) is 7.37. The third-order valence-electron chi connectivity index (χ3n) is 3.57. The van der Waals surface area contributed by atoms with Crippen molar-refractivity contribution >= 4 is 23.0 Å². The van der Waals surface area contributed by atoms with Gasteiger partial charge in [-0.05, 0) is 48.4 Å². The monoisotopic (exact) mass is 302 g/mol. The second-order valence-electron chi connectivity index (χ2n) is 5.48. The molecule has 112 valence electrons. The number of rotatable bonds is 6. The molecule has 0 saturated heterocycles. The molecule has 1 atom stereocenters. The molecule has 0 saturated carbocycles. The molecule has 21 heavy (non-hydrogen) atoms. The Morgan fingerprint density at radius 3 is 2.14 bits per heavy atom. The molecule has 1 unspecified atom stereocenters. The normalized spacial score (nSPS) is 12.0. The lowest BCUT2D eigenvalue weighted by Crippen LogP contribution is -2.11. The maximum Gasteiger partial charge on any atom is 0.0513 e. The lowest BCUT2D eigenvalue weighted by Gasteiger charge is -2.21. The zero-order valence-electron chi connectivity index (χ0n) is 12.9. The molecule has 2 aromatic rings. The SMILES string of the molecule is CCCC(Nc1ccc(N(C)C)cc1)c1ccc(Cl)cc1. The Balaban J connectivity index is 2.13. The number of nitrogens with zero attached hydrogens (tertiary/aromatic N) is 1. The second-order valence-corrected chi connectivity index (χ2v) is 5.91. The number of hydrogen-bond donors (Lipinski definition) is 1. The van der Waals surface area contributed by atoms with Gasteiger partial charge in [0, 0.05) is 30.5 Å². The molecule has 0 aliphatic heterocycles. The molecule has 0 aromatic heterocycles. The van der Waals surface area contributed by atoms with Crippen LogP contribution in [0.2, 0.25) is 5.02 Å². The van der Waals surface area contributed by atoms with E-state index < -0.39 is 0 Å². The molecule has 0 aliphatic rings. The van der Waals surface area contributed by atoms with E-state index in [1.54, 1.807) is 0 Å². The topological polar surface area (TPSA) is 15.3 Å². The van der Waals surface area contributed by atoms with Crippen molar-refractivity contribution in [1.29, 1.82) is 0 Å². The fourth-order valence-electron chi connectivity index (χ4n) is 2.36. The summed E-state index contributed by atoms with van der Waals surface area (Å²) in [5.74, 6) is 0. The Bertz CT molecular complexity index is 546. The highest BCUT2D eigenvalue weighted by molar-refractivity contribution is 6.30. The van der Waals surface area contributed by atoms with E-state index >= 15 is 0 Å². The third kappa shape index (κ3) is 4.40. The summed E-state index contributed by atoms with van der Waals surface area (Å²) >= 11 is 5.98. The van der Waals surface area contributed by atoms with Crippen molar-refractivity contribution in [2.75, 3.05) is 24.3 Å². The van der Waals surface area contributed by atoms with Gasteiger partial charge in [0.2, 0.25) is 0 Å². The van der Waals surface area contributed by atoms with Crippen molar-refractivity contribution < 1.29 is 0 Å². The molecule has 0 amide bonds. The minimum Gasteiger partial charge on any atom is -0.378 e. The van der Waals surface area contributed by atoms with Gasteiger partial charge in [0.25, 0.3) is 0 Å². The van der Waals surface area contributed by atoms with Gasteiger partial charge in [-0.15, -0.1) is 0 Å². The van der Waals surface area contributed by atoms with E-state index in [1.807, 2.05) is 12.1 Å². The van der Waals surface area contributed by atoms with Crippen LogP contribution >= 0.6 is 11.6 Å². The fraction of sp³-hybridized carbons (Fsp3) is 0.333. The van der Waals surface area contributed by atoms with Gasteiger partial charge in [-0.3, -0.25) is 0 Å². The van der Waals surface area contributed by atoms with Gasteiger partial charge in [-0.2, -0.15) is 0 Å². The van der Waals surface area contributed by atoms with E-state index in [4.69, 9.17) is 11.6 Å². The molecule has 0 fully saturated rings. The summed E-state index contributed by atoms with van der Waals surface area (Å²) in [4.78, 5) is 2.10. The standard InChI is InChI=1S/C18H23ClN2/c1-4-5-18(14-6-8-15(19)9-7-14)20-16-10-12-17(13-11-16)21(2)3/h6-13,18,20H,4-5H2,1-3H3. The number of anilines is 2. The lowest BCUT2D eigenvalue weighted by atomic mass is 10.0. The molecular weight excluding hydrogens is 280 g/mol. The maximum absolute atomic E-state index is 5.98. The molecule has 2 aromatic carbocycles. The van der Waals surface area contributed by atoms with Crippen LogP contribution in [0.1, 0.15) is 31.4 Å². The highest BCUT2D eigenvalue weighted by Gasteiger charge is 2.10. The molecule has 0 bridgehead atoms. The van der Waals surface area contributed by atoms with Crippen molar-refractivity contribution in [2.45, 2.75) is 25.8 Å². The highest BCUT2D eigenvalue weighted by Crippen LogP contribution is 2.26. The first-order valence-corrected chi connectivity index (χ1v) is 7.77. The van der Waals surface area contributed by atoms with Gasteiger partial charge in [0.15, 0.2) is 0 Å². The van der Waals surface area contributed by atoms with Crippen molar-refractivity contribution in [3.63, 3.8) is 0 Å². The van der Waals surface area contributed by atoms with Crippen molar-refractivity contribution in [3.8, 4) is 0 Å². The smallest absolute Gasteiger partial charge is 0.0513 e. The first-order valence-electron chi connectivity index (χ1n) is 7.39. The Kier molecular flexibility index (Phi) is 5.51. The van der Waals surface area contributed by atoms with Crippen LogP contribution in [-0.4, -0.2) is 14.1 Å². The molecule has 0 spiro atoms. The Hall–Kier alpha value is -1.67. The minimum atomic E-state index is 0.317. The Labute approximate surface area is 132 Å². The van der Waals surface area contributed by atoms with Crippen LogP contribution in [0.25, 0.3) is 0 Å². The van der Waals surface area contributed by atoms with Gasteiger partial charge in [-0.1, -0.05) is 37.1 Å². The Morgan fingerprint density at radius 1 is 1.00 bits per heavy atom. The van der Waals surface area contributed by atoms with Gasteiger partial charge >= 0.3 is 0 Å². The zero-order chi connectivity index (χ0) is 15.2. The van der Waals surface area contributed by atoms with Crippen LogP contribution in [0.3, 0.4) is 0 Å². The molecule has 1 N–H and O–H groups in total. The molecule has 0 heterocycles. The molecular formula is C18H23ClN2. The van der Waals surface area contributed by atoms with E-state index in [-0.39, 0.29) is 0 Å². The van der Waals surface area contributed by atoms with E-state index in [2.05, 4.69) is 67.6 Å². The van der Waals surface area contributed by atoms with Crippen molar-refractivity contribution in [1.82, 2.24) is 0 Å². The summed E-state index contributed by atoms with van der Waals surface area (Å²) in [5, 5.41) is 4.40. The predicted octanol–water partition coefficient (Wildman–Crippen LogP) is 5.36. The van der Waals surface area contributed by atoms with Crippen LogP contribution in [-0.2, 0) is 0 Å². The molecule has 2 nitrogen and oxygen atoms in total. The average molecular weight is 303 g/mol. The fourth-order valence-corrected chi connectivity index (χ4v) is 2.49. The van der Waals surface area contributed by atoms with Gasteiger partial charge in [0.05, 0.1) is 6.04 Å². The minimum absolute atomic E-state index is 0.317. The van der Waals surface area contributed by atoms with Crippen LogP contribution in [0.15, 0.2) is 48.5 Å². The molecule has 0 aliphatic carbocycles. The molecule has 0 radical (unpaired) electrons. The van der Waals surface area contributed by atoms with Crippen LogP contribution in [0, 0.1) is 0 Å². The summed E-state index contributed by atoms with van der Waals surface area (Å²) < 4.78 is 0. The molecule has 2 rings (SSSR count). The van der Waals surface area contributed by atoms with E-state index in [0.717, 1.165) is 23.6 Å². The van der Waals surface area contributed by atoms with Crippen LogP contribution < -0.4 is 10.2 Å². The van der Waals surface area contributed by atoms with Crippen LogP contribution in [0.5, 0.6) is 0 Å². The third-order valence-corrected chi connectivity index (χ3v) is 3.83. The first-order chi connectivity index (χ1) is 10.1. The first kappa shape index (κ1) is 15.7. The number of halogens is 1. The zero-order valence-corrected chi connectivity index (χ0v) is 13.7. The number of benzene rings is 2. The van der Waals surface area contributed by atoms with Gasteiger partial charge in [0.1, 0.15) is 0 Å². The highest BCUT2D eigenvalue weighted by atomic mass is 35.5. The quantitative estimate of drug-likeness (QED) is 0.773. The summed E-state index contributed by atoms with van der Waals surface area (Å²) in [6, 6.07) is 17.0. The summed E-state index contributed by atoms with van der Waals surface area (Å²) in [6.07, 6.45) is 2.23.